The van der Waals surface area contributed by atoms with E-state index < -0.39 is 24.5 Å². The maximum absolute atomic E-state index is 11.8. The first kappa shape index (κ1) is 25.1. The van der Waals surface area contributed by atoms with Gasteiger partial charge in [-0.1, -0.05) is 50.1 Å². The number of benzene rings is 2. The number of ether oxygens (including phenoxy) is 3. The van der Waals surface area contributed by atoms with Gasteiger partial charge in [0.25, 0.3) is 0 Å². The largest absolute Gasteiger partial charge is 0.450 e. The molecule has 0 aliphatic rings. The minimum atomic E-state index is -0.690. The molecule has 2 aromatic carbocycles. The van der Waals surface area contributed by atoms with Gasteiger partial charge in [-0.2, -0.15) is 0 Å². The number of carbonyl (C=O) groups is 3. The highest BCUT2D eigenvalue weighted by Gasteiger charge is 2.10. The third-order valence-electron chi connectivity index (χ3n) is 4.39. The van der Waals surface area contributed by atoms with Crippen molar-refractivity contribution in [1.29, 1.82) is 0 Å². The van der Waals surface area contributed by atoms with Crippen molar-refractivity contribution in [3.63, 3.8) is 0 Å². The van der Waals surface area contributed by atoms with E-state index in [-0.39, 0.29) is 5.57 Å². The van der Waals surface area contributed by atoms with Crippen molar-refractivity contribution in [1.82, 2.24) is 0 Å². The summed E-state index contributed by atoms with van der Waals surface area (Å²) in [6.45, 7) is 15.6. The fourth-order valence-electron chi connectivity index (χ4n) is 2.55. The lowest BCUT2D eigenvalue weighted by atomic mass is 10.0. The Morgan fingerprint density at radius 2 is 1.21 bits per heavy atom. The summed E-state index contributed by atoms with van der Waals surface area (Å²) in [4.78, 5) is 34.7. The third-order valence-corrected chi connectivity index (χ3v) is 4.39. The van der Waals surface area contributed by atoms with Crippen molar-refractivity contribution in [3.8, 4) is 11.5 Å². The van der Waals surface area contributed by atoms with Crippen LogP contribution in [0.2, 0.25) is 0 Å². The first-order valence-electron chi connectivity index (χ1n) is 10.1. The van der Waals surface area contributed by atoms with Crippen LogP contribution >= 0.6 is 0 Å². The van der Waals surface area contributed by atoms with Crippen LogP contribution in [0.4, 0.5) is 0 Å². The van der Waals surface area contributed by atoms with Gasteiger partial charge in [0.15, 0.2) is 6.61 Å². The molecule has 0 N–H and O–H groups in total. The quantitative estimate of drug-likeness (QED) is 0.225. The number of esters is 3. The Kier molecular flexibility index (Phi) is 8.69. The molecule has 6 nitrogen and oxygen atoms in total. The van der Waals surface area contributed by atoms with E-state index in [1.807, 2.05) is 25.1 Å². The molecule has 33 heavy (non-hydrogen) atoms. The molecular weight excluding hydrogens is 420 g/mol. The highest BCUT2D eigenvalue weighted by Crippen LogP contribution is 2.24. The maximum Gasteiger partial charge on any atom is 0.349 e. The molecule has 0 amide bonds. The van der Waals surface area contributed by atoms with Crippen molar-refractivity contribution in [2.75, 3.05) is 6.61 Å². The van der Waals surface area contributed by atoms with Crippen LogP contribution in [0.1, 0.15) is 31.9 Å². The Labute approximate surface area is 193 Å². The molecule has 2 aromatic rings. The molecular formula is C27H26O6. The van der Waals surface area contributed by atoms with Gasteiger partial charge in [0.1, 0.15) is 11.5 Å². The Balaban J connectivity index is 1.98. The molecule has 0 heterocycles. The predicted molar refractivity (Wildman–Crippen MR) is 127 cm³/mol. The van der Waals surface area contributed by atoms with E-state index in [9.17, 15) is 14.4 Å². The Morgan fingerprint density at radius 3 is 1.73 bits per heavy atom. The normalized spacial score (nSPS) is 10.7. The van der Waals surface area contributed by atoms with E-state index in [4.69, 9.17) is 14.2 Å². The Bertz CT molecular complexity index is 1120. The van der Waals surface area contributed by atoms with E-state index in [2.05, 4.69) is 19.7 Å². The zero-order valence-corrected chi connectivity index (χ0v) is 19.0. The molecule has 0 fully saturated rings. The van der Waals surface area contributed by atoms with Gasteiger partial charge in [0, 0.05) is 11.1 Å². The lowest BCUT2D eigenvalue weighted by molar-refractivity contribution is -0.150. The van der Waals surface area contributed by atoms with Gasteiger partial charge in [-0.15, -0.1) is 0 Å². The molecule has 0 aliphatic heterocycles. The van der Waals surface area contributed by atoms with Crippen LogP contribution in [0.5, 0.6) is 11.5 Å². The highest BCUT2D eigenvalue weighted by atomic mass is 16.6. The Hall–Kier alpha value is -4.19. The number of rotatable bonds is 9. The summed E-state index contributed by atoms with van der Waals surface area (Å²) in [5, 5.41) is 0. The van der Waals surface area contributed by atoms with Crippen molar-refractivity contribution in [3.05, 3.63) is 96.6 Å². The molecule has 0 radical (unpaired) electrons. The van der Waals surface area contributed by atoms with Crippen molar-refractivity contribution in [2.24, 2.45) is 0 Å². The molecule has 0 saturated heterocycles. The van der Waals surface area contributed by atoms with Gasteiger partial charge in [-0.25, -0.2) is 14.4 Å². The van der Waals surface area contributed by atoms with Crippen molar-refractivity contribution < 1.29 is 28.6 Å². The molecule has 2 rings (SSSR count). The van der Waals surface area contributed by atoms with Crippen LogP contribution in [-0.4, -0.2) is 24.5 Å². The van der Waals surface area contributed by atoms with Crippen LogP contribution in [0, 0.1) is 0 Å². The number of hydrogen-bond donors (Lipinski definition) is 0. The van der Waals surface area contributed by atoms with Gasteiger partial charge < -0.3 is 14.2 Å². The van der Waals surface area contributed by atoms with Crippen LogP contribution < -0.4 is 9.47 Å². The van der Waals surface area contributed by atoms with Gasteiger partial charge >= 0.3 is 17.9 Å². The number of hydrogen-bond acceptors (Lipinski definition) is 6. The molecule has 6 heteroatoms. The molecule has 0 unspecified atom stereocenters. The predicted octanol–water partition coefficient (Wildman–Crippen LogP) is 5.31. The number of carbonyl (C=O) groups excluding carboxylic acids is 3. The summed E-state index contributed by atoms with van der Waals surface area (Å²) in [6, 6.07) is 13.9. The van der Waals surface area contributed by atoms with Crippen LogP contribution in [0.3, 0.4) is 0 Å². The second-order valence-corrected chi connectivity index (χ2v) is 7.40. The van der Waals surface area contributed by atoms with Crippen LogP contribution in [0.25, 0.3) is 11.1 Å². The molecule has 0 saturated carbocycles. The second kappa shape index (κ2) is 11.4. The highest BCUT2D eigenvalue weighted by molar-refractivity contribution is 5.89. The number of allylic oxidation sites excluding steroid dienone is 3. The first-order chi connectivity index (χ1) is 15.6. The molecule has 170 valence electrons. The SMILES string of the molecule is C=C(C)C(=O)OCC(=O)Oc1ccc(C(=C)/C=C(\C)c2ccc(OC(=O)C(=C)C)cc2)cc1. The van der Waals surface area contributed by atoms with Gasteiger partial charge in [0.2, 0.25) is 0 Å². The summed E-state index contributed by atoms with van der Waals surface area (Å²) >= 11 is 0. The fourth-order valence-corrected chi connectivity index (χ4v) is 2.55. The lowest BCUT2D eigenvalue weighted by Gasteiger charge is -2.08. The van der Waals surface area contributed by atoms with Crippen LogP contribution in [0.15, 0.2) is 85.5 Å². The minimum absolute atomic E-state index is 0.205. The molecule has 0 aromatic heterocycles. The van der Waals surface area contributed by atoms with Gasteiger partial charge in [-0.05, 0) is 67.3 Å². The fraction of sp³-hybridized carbons (Fsp3) is 0.148. The summed E-state index contributed by atoms with van der Waals surface area (Å²) < 4.78 is 15.1. The second-order valence-electron chi connectivity index (χ2n) is 7.40. The third kappa shape index (κ3) is 7.78. The zero-order valence-electron chi connectivity index (χ0n) is 19.0. The molecule has 0 atom stereocenters. The van der Waals surface area contributed by atoms with E-state index in [1.165, 1.54) is 6.92 Å². The topological polar surface area (TPSA) is 78.9 Å². The van der Waals surface area contributed by atoms with E-state index in [0.717, 1.165) is 22.3 Å². The van der Waals surface area contributed by atoms with E-state index in [1.54, 1.807) is 43.3 Å². The minimum Gasteiger partial charge on any atom is -0.450 e. The monoisotopic (exact) mass is 446 g/mol. The van der Waals surface area contributed by atoms with Gasteiger partial charge in [0.05, 0.1) is 0 Å². The van der Waals surface area contributed by atoms with Crippen LogP contribution in [-0.2, 0) is 19.1 Å². The maximum atomic E-state index is 11.8. The molecule has 0 bridgehead atoms. The standard InChI is InChI=1S/C27H26O6/c1-17(2)26(29)31-16-25(28)32-23-11-7-21(8-12-23)19(5)15-20(6)22-9-13-24(14-10-22)33-27(30)18(3)4/h7-15H,1,3,5,16H2,2,4,6H3/b20-15+. The lowest BCUT2D eigenvalue weighted by Crippen LogP contribution is -2.18. The van der Waals surface area contributed by atoms with Crippen molar-refractivity contribution >= 4 is 29.1 Å². The van der Waals surface area contributed by atoms with E-state index in [0.29, 0.717) is 17.1 Å². The summed E-state index contributed by atoms with van der Waals surface area (Å²) in [5.41, 5.74) is 4.05. The zero-order chi connectivity index (χ0) is 24.5. The first-order valence-corrected chi connectivity index (χ1v) is 10.1. The van der Waals surface area contributed by atoms with Crippen molar-refractivity contribution in [2.45, 2.75) is 20.8 Å². The van der Waals surface area contributed by atoms with Gasteiger partial charge in [-0.3, -0.25) is 0 Å². The average molecular weight is 446 g/mol. The summed E-state index contributed by atoms with van der Waals surface area (Å²) in [6.07, 6.45) is 1.92. The Morgan fingerprint density at radius 1 is 0.727 bits per heavy atom. The van der Waals surface area contributed by atoms with E-state index >= 15 is 0 Å². The summed E-state index contributed by atoms with van der Waals surface area (Å²) in [7, 11) is 0. The average Bonchev–Trinajstić information content (AvgIpc) is 2.78. The smallest absolute Gasteiger partial charge is 0.349 e. The molecule has 0 aliphatic carbocycles. The molecule has 0 spiro atoms. The summed E-state index contributed by atoms with van der Waals surface area (Å²) in [5.74, 6) is -1.04.